The van der Waals surface area contributed by atoms with Crippen molar-refractivity contribution in [1.82, 2.24) is 15.0 Å². The van der Waals surface area contributed by atoms with Crippen LogP contribution < -0.4 is 4.74 Å². The van der Waals surface area contributed by atoms with Crippen LogP contribution in [0.5, 0.6) is 5.75 Å². The number of aryl methyl sites for hydroxylation is 3. The molecule has 1 amide bonds. The van der Waals surface area contributed by atoms with Crippen molar-refractivity contribution in [3.05, 3.63) is 65.0 Å². The quantitative estimate of drug-likeness (QED) is 0.610. The second-order valence-electron chi connectivity index (χ2n) is 7.92. The van der Waals surface area contributed by atoms with E-state index in [0.717, 1.165) is 29.7 Å². The Morgan fingerprint density at radius 2 is 1.93 bits per heavy atom. The van der Waals surface area contributed by atoms with E-state index in [-0.39, 0.29) is 12.5 Å². The Hall–Kier alpha value is -3.15. The summed E-state index contributed by atoms with van der Waals surface area (Å²) in [6, 6.07) is 14.0. The average Bonchev–Trinajstić information content (AvgIpc) is 3.21. The first-order chi connectivity index (χ1) is 14.5. The van der Waals surface area contributed by atoms with Gasteiger partial charge in [0.1, 0.15) is 5.75 Å². The van der Waals surface area contributed by atoms with Crippen LogP contribution in [0.25, 0.3) is 11.4 Å². The van der Waals surface area contributed by atoms with E-state index in [0.29, 0.717) is 11.7 Å². The molecule has 0 unspecified atom stereocenters. The molecule has 6 nitrogen and oxygen atoms in total. The van der Waals surface area contributed by atoms with E-state index in [1.54, 1.807) is 18.9 Å². The Labute approximate surface area is 176 Å². The lowest BCUT2D eigenvalue weighted by molar-refractivity contribution is -0.137. The van der Waals surface area contributed by atoms with Gasteiger partial charge in [-0.1, -0.05) is 35.5 Å². The number of benzene rings is 2. The molecule has 1 atom stereocenters. The van der Waals surface area contributed by atoms with E-state index >= 15 is 0 Å². The molecule has 0 N–H and O–H groups in total. The summed E-state index contributed by atoms with van der Waals surface area (Å²) < 4.78 is 11.3. The van der Waals surface area contributed by atoms with Crippen molar-refractivity contribution in [1.29, 1.82) is 0 Å². The van der Waals surface area contributed by atoms with Gasteiger partial charge in [-0.15, -0.1) is 0 Å². The van der Waals surface area contributed by atoms with Gasteiger partial charge in [0.2, 0.25) is 11.7 Å². The molecule has 1 heterocycles. The Bertz CT molecular complexity index is 1040. The number of aromatic nitrogens is 2. The fourth-order valence-electron chi connectivity index (χ4n) is 3.88. The molecule has 0 spiro atoms. The highest BCUT2D eigenvalue weighted by Crippen LogP contribution is 2.26. The lowest BCUT2D eigenvalue weighted by Crippen LogP contribution is -2.37. The zero-order valence-corrected chi connectivity index (χ0v) is 17.7. The first kappa shape index (κ1) is 20.1. The summed E-state index contributed by atoms with van der Waals surface area (Å²) in [7, 11) is 1.71. The van der Waals surface area contributed by atoms with Crippen molar-refractivity contribution in [2.24, 2.45) is 0 Å². The first-order valence-electron chi connectivity index (χ1n) is 10.4. The van der Waals surface area contributed by atoms with Gasteiger partial charge in [0.05, 0.1) is 6.54 Å². The van der Waals surface area contributed by atoms with Crippen molar-refractivity contribution in [3.8, 4) is 17.1 Å². The highest BCUT2D eigenvalue weighted by molar-refractivity contribution is 5.80. The second kappa shape index (κ2) is 8.69. The molecule has 6 heteroatoms. The van der Waals surface area contributed by atoms with Gasteiger partial charge in [-0.25, -0.2) is 0 Å². The molecule has 0 fully saturated rings. The molecule has 1 aliphatic carbocycles. The fraction of sp³-hybridized carbons (Fsp3) is 0.375. The summed E-state index contributed by atoms with van der Waals surface area (Å²) in [6.45, 7) is 4.00. The SMILES string of the molecule is Cc1ccccc1-c1noc(CN(C)C(=O)[C@@H](C)Oc2ccc3c(c2)CCCC3)n1. The Kier molecular flexibility index (Phi) is 5.84. The minimum atomic E-state index is -0.601. The lowest BCUT2D eigenvalue weighted by atomic mass is 9.92. The van der Waals surface area contributed by atoms with Crippen molar-refractivity contribution in [3.63, 3.8) is 0 Å². The predicted molar refractivity (Wildman–Crippen MR) is 114 cm³/mol. The number of hydrogen-bond acceptors (Lipinski definition) is 5. The third kappa shape index (κ3) is 4.37. The number of rotatable bonds is 6. The minimum Gasteiger partial charge on any atom is -0.481 e. The third-order valence-corrected chi connectivity index (χ3v) is 5.58. The molecule has 0 saturated carbocycles. The van der Waals surface area contributed by atoms with Crippen LogP contribution >= 0.6 is 0 Å². The maximum atomic E-state index is 12.8. The van der Waals surface area contributed by atoms with Crippen LogP contribution in [0.1, 0.15) is 42.3 Å². The van der Waals surface area contributed by atoms with Crippen molar-refractivity contribution >= 4 is 5.91 Å². The number of nitrogens with zero attached hydrogens (tertiary/aromatic N) is 3. The monoisotopic (exact) mass is 405 g/mol. The van der Waals surface area contributed by atoms with E-state index in [2.05, 4.69) is 22.3 Å². The van der Waals surface area contributed by atoms with E-state index < -0.39 is 6.10 Å². The Morgan fingerprint density at radius 3 is 2.73 bits per heavy atom. The molecular formula is C24H27N3O3. The van der Waals surface area contributed by atoms with Gasteiger partial charge >= 0.3 is 0 Å². The van der Waals surface area contributed by atoms with Crippen LogP contribution in [0.15, 0.2) is 47.0 Å². The van der Waals surface area contributed by atoms with E-state index in [9.17, 15) is 4.79 Å². The van der Waals surface area contributed by atoms with Gasteiger partial charge in [-0.3, -0.25) is 4.79 Å². The number of amides is 1. The minimum absolute atomic E-state index is 0.136. The van der Waals surface area contributed by atoms with Gasteiger partial charge in [-0.05, 0) is 68.4 Å². The lowest BCUT2D eigenvalue weighted by Gasteiger charge is -2.22. The highest BCUT2D eigenvalue weighted by atomic mass is 16.5. The Balaban J connectivity index is 1.38. The Morgan fingerprint density at radius 1 is 1.17 bits per heavy atom. The largest absolute Gasteiger partial charge is 0.481 e. The maximum Gasteiger partial charge on any atom is 0.263 e. The summed E-state index contributed by atoms with van der Waals surface area (Å²) >= 11 is 0. The topological polar surface area (TPSA) is 68.5 Å². The number of carbonyl (C=O) groups excluding carboxylic acids is 1. The normalized spacial score (nSPS) is 14.1. The standard InChI is InChI=1S/C24H27N3O3/c1-16-8-4-7-11-21(16)23-25-22(30-26-23)15-27(3)24(28)17(2)29-20-13-12-18-9-5-6-10-19(18)14-20/h4,7-8,11-14,17H,5-6,9-10,15H2,1-3H3/t17-/m1/s1. The van der Waals surface area contributed by atoms with Crippen molar-refractivity contribution in [2.45, 2.75) is 52.2 Å². The van der Waals surface area contributed by atoms with Gasteiger partial charge in [0.25, 0.3) is 5.91 Å². The molecular weight excluding hydrogens is 378 g/mol. The number of hydrogen-bond donors (Lipinski definition) is 0. The van der Waals surface area contributed by atoms with Gasteiger partial charge in [-0.2, -0.15) is 4.98 Å². The van der Waals surface area contributed by atoms with E-state index in [1.807, 2.05) is 37.3 Å². The van der Waals surface area contributed by atoms with E-state index in [1.165, 1.54) is 24.0 Å². The molecule has 0 bridgehead atoms. The van der Waals surface area contributed by atoms with E-state index in [4.69, 9.17) is 9.26 Å². The maximum absolute atomic E-state index is 12.8. The zero-order valence-electron chi connectivity index (χ0n) is 17.7. The summed E-state index contributed by atoms with van der Waals surface area (Å²) in [4.78, 5) is 18.8. The molecule has 1 aromatic heterocycles. The molecule has 156 valence electrons. The molecule has 0 saturated heterocycles. The molecule has 2 aromatic carbocycles. The first-order valence-corrected chi connectivity index (χ1v) is 10.4. The third-order valence-electron chi connectivity index (χ3n) is 5.58. The van der Waals surface area contributed by atoms with Crippen LogP contribution in [0.2, 0.25) is 0 Å². The van der Waals surface area contributed by atoms with Crippen LogP contribution in [0.4, 0.5) is 0 Å². The van der Waals surface area contributed by atoms with Crippen molar-refractivity contribution in [2.75, 3.05) is 7.05 Å². The molecule has 30 heavy (non-hydrogen) atoms. The average molecular weight is 405 g/mol. The summed E-state index contributed by atoms with van der Waals surface area (Å²) in [5.74, 6) is 1.53. The van der Waals surface area contributed by atoms with Crippen LogP contribution in [-0.4, -0.2) is 34.1 Å². The number of ether oxygens (including phenoxy) is 1. The molecule has 0 radical (unpaired) electrons. The fourth-order valence-corrected chi connectivity index (χ4v) is 3.88. The summed E-state index contributed by atoms with van der Waals surface area (Å²) in [6.07, 6.45) is 4.06. The molecule has 0 aliphatic heterocycles. The van der Waals surface area contributed by atoms with Gasteiger partial charge in [0, 0.05) is 12.6 Å². The van der Waals surface area contributed by atoms with Gasteiger partial charge < -0.3 is 14.2 Å². The predicted octanol–water partition coefficient (Wildman–Crippen LogP) is 4.35. The molecule has 4 rings (SSSR count). The molecule has 1 aliphatic rings. The molecule has 3 aromatic rings. The summed E-state index contributed by atoms with van der Waals surface area (Å²) in [5.41, 5.74) is 4.72. The zero-order chi connectivity index (χ0) is 21.1. The van der Waals surface area contributed by atoms with Crippen LogP contribution in [0.3, 0.4) is 0 Å². The number of carbonyl (C=O) groups is 1. The second-order valence-corrected chi connectivity index (χ2v) is 7.92. The summed E-state index contributed by atoms with van der Waals surface area (Å²) in [5, 5.41) is 4.06. The number of fused-ring (bicyclic) bond motifs is 1. The smallest absolute Gasteiger partial charge is 0.263 e. The van der Waals surface area contributed by atoms with Crippen LogP contribution in [0, 0.1) is 6.92 Å². The number of likely N-dealkylation sites (N-methyl/N-ethyl adjacent to an activating group) is 1. The van der Waals surface area contributed by atoms with Crippen molar-refractivity contribution < 1.29 is 14.1 Å². The van der Waals surface area contributed by atoms with Gasteiger partial charge in [0.15, 0.2) is 6.10 Å². The highest BCUT2D eigenvalue weighted by Gasteiger charge is 2.22. The van der Waals surface area contributed by atoms with Crippen LogP contribution in [-0.2, 0) is 24.2 Å².